The zero-order valence-corrected chi connectivity index (χ0v) is 20.6. The molecule has 3 rings (SSSR count). The Hall–Kier alpha value is -2.36. The second kappa shape index (κ2) is 9.26. The predicted octanol–water partition coefficient (Wildman–Crippen LogP) is 6.43. The zero-order valence-electron chi connectivity index (χ0n) is 19.0. The van der Waals surface area contributed by atoms with E-state index >= 15 is 4.39 Å². The van der Waals surface area contributed by atoms with E-state index in [1.165, 1.54) is 35.2 Å². The van der Waals surface area contributed by atoms with Crippen LogP contribution in [0.4, 0.5) is 22.4 Å². The molecular formula is C24H23Cl2F4NO4. The second-order valence-corrected chi connectivity index (χ2v) is 10.4. The monoisotopic (exact) mass is 535 g/mol. The van der Waals surface area contributed by atoms with Crippen LogP contribution in [0.15, 0.2) is 42.5 Å². The summed E-state index contributed by atoms with van der Waals surface area (Å²) in [6.07, 6.45) is -7.21. The van der Waals surface area contributed by atoms with Crippen LogP contribution in [0.3, 0.4) is 0 Å². The van der Waals surface area contributed by atoms with Crippen molar-refractivity contribution in [2.45, 2.75) is 50.2 Å². The lowest BCUT2D eigenvalue weighted by atomic mass is 9.84. The molecule has 0 saturated carbocycles. The van der Waals surface area contributed by atoms with Crippen LogP contribution >= 0.6 is 23.2 Å². The van der Waals surface area contributed by atoms with Crippen molar-refractivity contribution in [3.05, 3.63) is 69.2 Å². The number of alkyl halides is 4. The maximum absolute atomic E-state index is 15.2. The molecule has 2 aromatic carbocycles. The minimum atomic E-state index is -5.21. The molecule has 1 unspecified atom stereocenters. The highest BCUT2D eigenvalue weighted by Crippen LogP contribution is 2.44. The maximum atomic E-state index is 15.2. The molecule has 1 amide bonds. The second-order valence-electron chi connectivity index (χ2n) is 9.50. The number of carbonyl (C=O) groups is 2. The number of amides is 1. The highest BCUT2D eigenvalue weighted by molar-refractivity contribution is 6.34. The summed E-state index contributed by atoms with van der Waals surface area (Å²) in [6, 6.07) is 7.86. The van der Waals surface area contributed by atoms with Crippen molar-refractivity contribution in [2.75, 3.05) is 13.1 Å². The molecule has 1 atom stereocenters. The lowest BCUT2D eigenvalue weighted by Crippen LogP contribution is -2.59. The Labute approximate surface area is 209 Å². The Morgan fingerprint density at radius 3 is 2.00 bits per heavy atom. The van der Waals surface area contributed by atoms with Crippen molar-refractivity contribution < 1.29 is 37.0 Å². The predicted molar refractivity (Wildman–Crippen MR) is 122 cm³/mol. The van der Waals surface area contributed by atoms with Gasteiger partial charge in [-0.3, -0.25) is 4.79 Å². The normalized spacial score (nSPS) is 17.4. The summed E-state index contributed by atoms with van der Waals surface area (Å²) in [4.78, 5) is 25.9. The SMILES string of the molecule is CC(C)(C)OC(=O)N1CC(F)(c2ccc(C(=O)CC(O)(c3cc(Cl)cc(Cl)c3)C(F)(F)F)cc2)C1. The molecule has 1 aliphatic heterocycles. The molecule has 11 heteroatoms. The third kappa shape index (κ3) is 5.90. The number of aliphatic hydroxyl groups is 1. The van der Waals surface area contributed by atoms with Crippen LogP contribution in [0, 0.1) is 0 Å². The van der Waals surface area contributed by atoms with E-state index < -0.39 is 46.9 Å². The molecule has 190 valence electrons. The zero-order chi connectivity index (χ0) is 26.4. The van der Waals surface area contributed by atoms with Crippen molar-refractivity contribution in [3.8, 4) is 0 Å². The summed E-state index contributed by atoms with van der Waals surface area (Å²) >= 11 is 11.6. The number of carbonyl (C=O) groups excluding carboxylic acids is 2. The Bertz CT molecular complexity index is 1110. The van der Waals surface area contributed by atoms with Crippen LogP contribution in [0.2, 0.25) is 10.0 Å². The van der Waals surface area contributed by atoms with Crippen LogP contribution < -0.4 is 0 Å². The van der Waals surface area contributed by atoms with Gasteiger partial charge in [-0.1, -0.05) is 47.5 Å². The van der Waals surface area contributed by atoms with Gasteiger partial charge in [-0.2, -0.15) is 13.2 Å². The number of ether oxygens (including phenoxy) is 1. The van der Waals surface area contributed by atoms with Crippen molar-refractivity contribution in [1.82, 2.24) is 4.90 Å². The first kappa shape index (κ1) is 27.2. The van der Waals surface area contributed by atoms with E-state index in [-0.39, 0.29) is 34.3 Å². The Balaban J connectivity index is 1.76. The van der Waals surface area contributed by atoms with E-state index in [0.29, 0.717) is 0 Å². The summed E-state index contributed by atoms with van der Waals surface area (Å²) in [5.41, 5.74) is -6.84. The van der Waals surface area contributed by atoms with Crippen LogP contribution in [0.5, 0.6) is 0 Å². The van der Waals surface area contributed by atoms with E-state index in [1.54, 1.807) is 20.8 Å². The molecule has 0 aliphatic carbocycles. The highest BCUT2D eigenvalue weighted by atomic mass is 35.5. The third-order valence-corrected chi connectivity index (χ3v) is 5.92. The van der Waals surface area contributed by atoms with Gasteiger partial charge >= 0.3 is 12.3 Å². The first-order chi connectivity index (χ1) is 15.9. The molecular weight excluding hydrogens is 513 g/mol. The van der Waals surface area contributed by atoms with Gasteiger partial charge in [-0.15, -0.1) is 0 Å². The van der Waals surface area contributed by atoms with Crippen molar-refractivity contribution in [1.29, 1.82) is 0 Å². The summed E-state index contributed by atoms with van der Waals surface area (Å²) in [5.74, 6) is -1.02. The number of hydrogen-bond acceptors (Lipinski definition) is 4. The molecule has 0 bridgehead atoms. The fourth-order valence-electron chi connectivity index (χ4n) is 3.64. The van der Waals surface area contributed by atoms with Crippen LogP contribution in [0.25, 0.3) is 0 Å². The van der Waals surface area contributed by atoms with Gasteiger partial charge in [0, 0.05) is 15.6 Å². The van der Waals surface area contributed by atoms with Gasteiger partial charge in [0.1, 0.15) is 5.60 Å². The van der Waals surface area contributed by atoms with Crippen LogP contribution in [0.1, 0.15) is 48.7 Å². The summed E-state index contributed by atoms with van der Waals surface area (Å²) < 4.78 is 61.9. The molecule has 2 aromatic rings. The van der Waals surface area contributed by atoms with Gasteiger partial charge in [0.15, 0.2) is 17.1 Å². The number of benzene rings is 2. The first-order valence-electron chi connectivity index (χ1n) is 10.5. The third-order valence-electron chi connectivity index (χ3n) is 5.48. The molecule has 5 nitrogen and oxygen atoms in total. The van der Waals surface area contributed by atoms with Gasteiger partial charge in [-0.05, 0) is 50.1 Å². The highest BCUT2D eigenvalue weighted by Gasteiger charge is 2.56. The average Bonchev–Trinajstić information content (AvgIpc) is 2.68. The van der Waals surface area contributed by atoms with E-state index in [9.17, 15) is 27.9 Å². The van der Waals surface area contributed by atoms with Gasteiger partial charge < -0.3 is 14.7 Å². The van der Waals surface area contributed by atoms with E-state index in [0.717, 1.165) is 12.1 Å². The van der Waals surface area contributed by atoms with E-state index in [1.807, 2.05) is 0 Å². The number of ketones is 1. The van der Waals surface area contributed by atoms with Gasteiger partial charge in [-0.25, -0.2) is 9.18 Å². The minimum Gasteiger partial charge on any atom is -0.444 e. The smallest absolute Gasteiger partial charge is 0.421 e. The number of rotatable bonds is 5. The maximum Gasteiger partial charge on any atom is 0.421 e. The average molecular weight is 536 g/mol. The molecule has 0 radical (unpaired) electrons. The van der Waals surface area contributed by atoms with E-state index in [4.69, 9.17) is 27.9 Å². The van der Waals surface area contributed by atoms with Gasteiger partial charge in [0.05, 0.1) is 19.5 Å². The van der Waals surface area contributed by atoms with Gasteiger partial charge in [0.25, 0.3) is 0 Å². The largest absolute Gasteiger partial charge is 0.444 e. The standard InChI is InChI=1S/C24H23Cl2F4NO4/c1-21(2,3)35-20(33)31-12-22(27,13-31)15-6-4-14(5-7-15)19(32)11-23(34,24(28,29)30)16-8-17(25)10-18(26)9-16/h4-10,34H,11-13H2,1-3H3. The summed E-state index contributed by atoms with van der Waals surface area (Å²) in [6.45, 7) is 4.52. The molecule has 35 heavy (non-hydrogen) atoms. The lowest BCUT2D eigenvalue weighted by Gasteiger charge is -2.44. The summed E-state index contributed by atoms with van der Waals surface area (Å²) in [5, 5.41) is 10.2. The number of Topliss-reactive ketones (excluding diaryl/α,β-unsaturated/α-hetero) is 1. The number of likely N-dealkylation sites (tertiary alicyclic amines) is 1. The molecule has 1 aliphatic rings. The fourth-order valence-corrected chi connectivity index (χ4v) is 4.17. The van der Waals surface area contributed by atoms with Crippen molar-refractivity contribution in [2.24, 2.45) is 0 Å². The summed E-state index contributed by atoms with van der Waals surface area (Å²) in [7, 11) is 0. The molecule has 1 fully saturated rings. The number of nitrogens with zero attached hydrogens (tertiary/aromatic N) is 1. The lowest BCUT2D eigenvalue weighted by molar-refractivity contribution is -0.264. The van der Waals surface area contributed by atoms with Crippen molar-refractivity contribution in [3.63, 3.8) is 0 Å². The molecule has 1 N–H and O–H groups in total. The fraction of sp³-hybridized carbons (Fsp3) is 0.417. The molecule has 0 aromatic heterocycles. The number of halogens is 6. The van der Waals surface area contributed by atoms with Gasteiger partial charge in [0.2, 0.25) is 0 Å². The van der Waals surface area contributed by atoms with Crippen LogP contribution in [-0.2, 0) is 16.0 Å². The molecule has 0 spiro atoms. The Kier molecular flexibility index (Phi) is 7.20. The molecule has 1 saturated heterocycles. The van der Waals surface area contributed by atoms with Crippen LogP contribution in [-0.4, -0.2) is 46.7 Å². The number of hydrogen-bond donors (Lipinski definition) is 1. The Morgan fingerprint density at radius 2 is 1.54 bits per heavy atom. The van der Waals surface area contributed by atoms with Crippen molar-refractivity contribution >= 4 is 35.1 Å². The topological polar surface area (TPSA) is 66.8 Å². The molecule has 1 heterocycles. The first-order valence-corrected chi connectivity index (χ1v) is 11.3. The Morgan fingerprint density at radius 1 is 1.03 bits per heavy atom. The van der Waals surface area contributed by atoms with E-state index in [2.05, 4.69) is 0 Å². The minimum absolute atomic E-state index is 0.138. The quantitative estimate of drug-likeness (QED) is 0.353.